The molecular formula is C17H16Cl2N2OS. The summed E-state index contributed by atoms with van der Waals surface area (Å²) in [6.45, 7) is 3.41. The van der Waals surface area contributed by atoms with E-state index >= 15 is 0 Å². The molecule has 0 atom stereocenters. The zero-order valence-electron chi connectivity index (χ0n) is 12.6. The number of halogens is 2. The van der Waals surface area contributed by atoms with E-state index in [0.717, 1.165) is 39.6 Å². The van der Waals surface area contributed by atoms with Crippen molar-refractivity contribution in [1.29, 1.82) is 0 Å². The molecule has 2 aromatic carbocycles. The summed E-state index contributed by atoms with van der Waals surface area (Å²) in [5.74, 6) is 0.878. The third-order valence-electron chi connectivity index (χ3n) is 3.36. The Balaban J connectivity index is 1.65. The second-order valence-electron chi connectivity index (χ2n) is 4.99. The highest BCUT2D eigenvalue weighted by molar-refractivity contribution is 7.22. The molecule has 3 rings (SSSR count). The molecule has 1 heterocycles. The third kappa shape index (κ3) is 4.08. The molecule has 3 nitrogen and oxygen atoms in total. The molecule has 120 valence electrons. The van der Waals surface area contributed by atoms with Crippen LogP contribution in [0.1, 0.15) is 12.5 Å². The number of aromatic nitrogens is 1. The molecule has 0 aliphatic heterocycles. The van der Waals surface area contributed by atoms with Crippen LogP contribution in [0.2, 0.25) is 10.0 Å². The maximum Gasteiger partial charge on any atom is 0.183 e. The Kier molecular flexibility index (Phi) is 5.26. The van der Waals surface area contributed by atoms with Crippen LogP contribution in [0, 0.1) is 0 Å². The molecule has 23 heavy (non-hydrogen) atoms. The van der Waals surface area contributed by atoms with Crippen LogP contribution in [0.5, 0.6) is 5.75 Å². The third-order valence-corrected chi connectivity index (χ3v) is 4.92. The van der Waals surface area contributed by atoms with E-state index in [1.54, 1.807) is 17.4 Å². The molecule has 0 aliphatic carbocycles. The second-order valence-corrected chi connectivity index (χ2v) is 6.87. The van der Waals surface area contributed by atoms with Crippen molar-refractivity contribution in [2.45, 2.75) is 13.3 Å². The van der Waals surface area contributed by atoms with Gasteiger partial charge in [-0.25, -0.2) is 4.98 Å². The molecule has 0 amide bonds. The van der Waals surface area contributed by atoms with E-state index in [4.69, 9.17) is 27.9 Å². The topological polar surface area (TPSA) is 34.1 Å². The second kappa shape index (κ2) is 7.39. The van der Waals surface area contributed by atoms with Gasteiger partial charge < -0.3 is 10.1 Å². The number of rotatable bonds is 6. The molecule has 6 heteroatoms. The largest absolute Gasteiger partial charge is 0.494 e. The van der Waals surface area contributed by atoms with Crippen molar-refractivity contribution in [3.63, 3.8) is 0 Å². The Morgan fingerprint density at radius 2 is 2.04 bits per heavy atom. The zero-order valence-corrected chi connectivity index (χ0v) is 14.9. The van der Waals surface area contributed by atoms with Crippen LogP contribution in [0.25, 0.3) is 10.2 Å². The van der Waals surface area contributed by atoms with E-state index in [-0.39, 0.29) is 0 Å². The summed E-state index contributed by atoms with van der Waals surface area (Å²) in [4.78, 5) is 4.58. The number of benzene rings is 2. The Morgan fingerprint density at radius 1 is 1.17 bits per heavy atom. The Labute approximate surface area is 149 Å². The molecule has 3 aromatic rings. The van der Waals surface area contributed by atoms with Crippen LogP contribution in [0.15, 0.2) is 36.4 Å². The summed E-state index contributed by atoms with van der Waals surface area (Å²) < 4.78 is 6.63. The molecule has 0 bridgehead atoms. The van der Waals surface area contributed by atoms with Crippen LogP contribution in [0.4, 0.5) is 5.13 Å². The van der Waals surface area contributed by atoms with Gasteiger partial charge in [0.15, 0.2) is 5.13 Å². The number of nitrogens with one attached hydrogen (secondary N) is 1. The van der Waals surface area contributed by atoms with Crippen LogP contribution in [0.3, 0.4) is 0 Å². The van der Waals surface area contributed by atoms with Gasteiger partial charge in [-0.15, -0.1) is 0 Å². The lowest BCUT2D eigenvalue weighted by Crippen LogP contribution is -2.04. The van der Waals surface area contributed by atoms with Gasteiger partial charge >= 0.3 is 0 Å². The first kappa shape index (κ1) is 16.4. The van der Waals surface area contributed by atoms with Crippen LogP contribution in [-0.2, 0) is 6.42 Å². The van der Waals surface area contributed by atoms with E-state index in [1.165, 1.54) is 0 Å². The van der Waals surface area contributed by atoms with Crippen LogP contribution < -0.4 is 10.1 Å². The zero-order chi connectivity index (χ0) is 16.2. The quantitative estimate of drug-likeness (QED) is 0.611. The first-order valence-corrected chi connectivity index (χ1v) is 8.94. The molecule has 0 unspecified atom stereocenters. The van der Waals surface area contributed by atoms with E-state index < -0.39 is 0 Å². The molecule has 0 spiro atoms. The van der Waals surface area contributed by atoms with Crippen molar-refractivity contribution >= 4 is 49.9 Å². The summed E-state index contributed by atoms with van der Waals surface area (Å²) in [7, 11) is 0. The van der Waals surface area contributed by atoms with Gasteiger partial charge in [0, 0.05) is 16.6 Å². The number of thiazole rings is 1. The highest BCUT2D eigenvalue weighted by Crippen LogP contribution is 2.29. The monoisotopic (exact) mass is 366 g/mol. The number of nitrogens with zero attached hydrogens (tertiary/aromatic N) is 1. The molecule has 0 saturated heterocycles. The Morgan fingerprint density at radius 3 is 2.83 bits per heavy atom. The highest BCUT2D eigenvalue weighted by Gasteiger charge is 2.06. The smallest absolute Gasteiger partial charge is 0.183 e. The Bertz CT molecular complexity index is 819. The van der Waals surface area contributed by atoms with Gasteiger partial charge in [-0.2, -0.15) is 0 Å². The highest BCUT2D eigenvalue weighted by atomic mass is 35.5. The summed E-state index contributed by atoms with van der Waals surface area (Å²) in [6, 6.07) is 11.5. The van der Waals surface area contributed by atoms with Gasteiger partial charge in [-0.3, -0.25) is 0 Å². The molecule has 0 aliphatic rings. The van der Waals surface area contributed by atoms with Crippen molar-refractivity contribution in [2.24, 2.45) is 0 Å². The van der Waals surface area contributed by atoms with Crippen molar-refractivity contribution in [3.05, 3.63) is 52.0 Å². The number of fused-ring (bicyclic) bond motifs is 1. The van der Waals surface area contributed by atoms with Gasteiger partial charge in [0.2, 0.25) is 0 Å². The number of ether oxygens (including phenoxy) is 1. The van der Waals surface area contributed by atoms with Gasteiger partial charge in [0.1, 0.15) is 5.75 Å². The minimum Gasteiger partial charge on any atom is -0.494 e. The minimum atomic E-state index is 0.656. The molecule has 0 saturated carbocycles. The number of anilines is 1. The lowest BCUT2D eigenvalue weighted by Gasteiger charge is -2.05. The first-order chi connectivity index (χ1) is 11.2. The van der Waals surface area contributed by atoms with Crippen molar-refractivity contribution in [2.75, 3.05) is 18.5 Å². The maximum atomic E-state index is 6.18. The molecule has 1 N–H and O–H groups in total. The van der Waals surface area contributed by atoms with Crippen molar-refractivity contribution in [3.8, 4) is 5.75 Å². The van der Waals surface area contributed by atoms with Gasteiger partial charge in [-0.1, -0.05) is 40.6 Å². The van der Waals surface area contributed by atoms with Gasteiger partial charge in [0.05, 0.1) is 16.8 Å². The number of hydrogen-bond donors (Lipinski definition) is 1. The predicted molar refractivity (Wildman–Crippen MR) is 99.4 cm³/mol. The van der Waals surface area contributed by atoms with Crippen LogP contribution >= 0.6 is 34.5 Å². The fourth-order valence-corrected chi connectivity index (χ4v) is 3.69. The van der Waals surface area contributed by atoms with E-state index in [1.807, 2.05) is 37.3 Å². The summed E-state index contributed by atoms with van der Waals surface area (Å²) in [5, 5.41) is 5.61. The maximum absolute atomic E-state index is 6.18. The molecule has 1 aromatic heterocycles. The normalized spacial score (nSPS) is 10.9. The van der Waals surface area contributed by atoms with Crippen LogP contribution in [-0.4, -0.2) is 18.1 Å². The standard InChI is InChI=1S/C17H16Cl2N2OS/c1-2-22-13-5-6-15-16(10-13)23-17(21-15)20-8-7-11-3-4-12(18)9-14(11)19/h3-6,9-10H,2,7-8H2,1H3,(H,20,21). The summed E-state index contributed by atoms with van der Waals surface area (Å²) in [5.41, 5.74) is 2.05. The first-order valence-electron chi connectivity index (χ1n) is 7.37. The average molecular weight is 367 g/mol. The SMILES string of the molecule is CCOc1ccc2nc(NCCc3ccc(Cl)cc3Cl)sc2c1. The molecule has 0 radical (unpaired) electrons. The van der Waals surface area contributed by atoms with Gasteiger partial charge in [0.25, 0.3) is 0 Å². The fraction of sp³-hybridized carbons (Fsp3) is 0.235. The summed E-state index contributed by atoms with van der Waals surface area (Å²) >= 11 is 13.7. The lowest BCUT2D eigenvalue weighted by atomic mass is 10.1. The average Bonchev–Trinajstić information content (AvgIpc) is 2.92. The Hall–Kier alpha value is -1.49. The fourth-order valence-electron chi connectivity index (χ4n) is 2.27. The van der Waals surface area contributed by atoms with E-state index in [2.05, 4.69) is 10.3 Å². The van der Waals surface area contributed by atoms with Crippen molar-refractivity contribution in [1.82, 2.24) is 4.98 Å². The molecule has 0 fully saturated rings. The van der Waals surface area contributed by atoms with E-state index in [0.29, 0.717) is 16.7 Å². The summed E-state index contributed by atoms with van der Waals surface area (Å²) in [6.07, 6.45) is 0.816. The number of hydrogen-bond acceptors (Lipinski definition) is 4. The minimum absolute atomic E-state index is 0.656. The van der Waals surface area contributed by atoms with E-state index in [9.17, 15) is 0 Å². The molecular weight excluding hydrogens is 351 g/mol. The predicted octanol–water partition coefficient (Wildman–Crippen LogP) is 5.66. The lowest BCUT2D eigenvalue weighted by molar-refractivity contribution is 0.341. The van der Waals surface area contributed by atoms with Crippen molar-refractivity contribution < 1.29 is 4.74 Å². The van der Waals surface area contributed by atoms with Gasteiger partial charge in [-0.05, 0) is 49.2 Å².